The van der Waals surface area contributed by atoms with Crippen LogP contribution in [0.3, 0.4) is 0 Å². The number of nitrogens with zero attached hydrogens (tertiary/aromatic N) is 3. The molecule has 35 heavy (non-hydrogen) atoms. The first kappa shape index (κ1) is 24.8. The van der Waals surface area contributed by atoms with Gasteiger partial charge < -0.3 is 15.4 Å². The van der Waals surface area contributed by atoms with E-state index in [1.807, 2.05) is 18.2 Å². The molecule has 1 amide bonds. The first-order chi connectivity index (χ1) is 16.9. The van der Waals surface area contributed by atoms with E-state index in [0.717, 1.165) is 27.4 Å². The number of nitrogens with one attached hydrogen (secondary N) is 2. The summed E-state index contributed by atoms with van der Waals surface area (Å²) in [5, 5.41) is 10.7. The number of carbonyl (C=O) groups is 2. The topological polar surface area (TPSA) is 115 Å². The Labute approximate surface area is 210 Å². The molecule has 1 aromatic heterocycles. The van der Waals surface area contributed by atoms with Crippen LogP contribution in [0.15, 0.2) is 58.3 Å². The van der Waals surface area contributed by atoms with E-state index in [0.29, 0.717) is 37.2 Å². The minimum absolute atomic E-state index is 0.138. The van der Waals surface area contributed by atoms with Crippen LogP contribution >= 0.6 is 23.2 Å². The van der Waals surface area contributed by atoms with E-state index in [-0.39, 0.29) is 22.3 Å². The number of amides is 1. The van der Waals surface area contributed by atoms with Crippen molar-refractivity contribution in [3.05, 3.63) is 90.7 Å². The SMILES string of the molecule is O=CC(C1CCCN1)n1c(=O)cnn(-c2ccc(Cl)c(C(=O)NCCc3ccccc3Cl)c2)c1=O. The molecule has 1 fully saturated rings. The molecule has 0 spiro atoms. The number of carbonyl (C=O) groups excluding carboxylic acids is 2. The smallest absolute Gasteiger partial charge is 0.352 e. The molecule has 0 aliphatic carbocycles. The maximum Gasteiger partial charge on any atom is 0.352 e. The molecule has 2 aromatic carbocycles. The molecular weight excluding hydrogens is 493 g/mol. The third kappa shape index (κ3) is 5.37. The van der Waals surface area contributed by atoms with Crippen molar-refractivity contribution in [1.82, 2.24) is 25.0 Å². The maximum absolute atomic E-state index is 13.2. The Morgan fingerprint density at radius 2 is 2.00 bits per heavy atom. The highest BCUT2D eigenvalue weighted by Crippen LogP contribution is 2.20. The summed E-state index contributed by atoms with van der Waals surface area (Å²) >= 11 is 12.4. The Morgan fingerprint density at radius 3 is 2.71 bits per heavy atom. The van der Waals surface area contributed by atoms with Gasteiger partial charge in [0.2, 0.25) is 0 Å². The molecule has 1 aliphatic rings. The summed E-state index contributed by atoms with van der Waals surface area (Å²) in [5.41, 5.74) is -0.194. The van der Waals surface area contributed by atoms with Gasteiger partial charge in [0.1, 0.15) is 18.5 Å². The summed E-state index contributed by atoms with van der Waals surface area (Å²) in [6.45, 7) is 1.02. The molecule has 4 rings (SSSR count). The van der Waals surface area contributed by atoms with Gasteiger partial charge in [0, 0.05) is 17.6 Å². The molecule has 1 saturated heterocycles. The van der Waals surface area contributed by atoms with Crippen LogP contribution in [0.25, 0.3) is 5.69 Å². The van der Waals surface area contributed by atoms with E-state index in [1.54, 1.807) is 6.07 Å². The van der Waals surface area contributed by atoms with E-state index >= 15 is 0 Å². The van der Waals surface area contributed by atoms with Gasteiger partial charge in [0.05, 0.1) is 16.3 Å². The Balaban J connectivity index is 1.60. The molecule has 0 radical (unpaired) electrons. The van der Waals surface area contributed by atoms with Crippen molar-refractivity contribution in [1.29, 1.82) is 0 Å². The predicted octanol–water partition coefficient (Wildman–Crippen LogP) is 2.17. The number of hydrogen-bond acceptors (Lipinski definition) is 6. The van der Waals surface area contributed by atoms with Gasteiger partial charge in [0.15, 0.2) is 0 Å². The number of rotatable bonds is 8. The maximum atomic E-state index is 13.2. The van der Waals surface area contributed by atoms with Crippen molar-refractivity contribution in [2.24, 2.45) is 0 Å². The molecule has 1 aliphatic heterocycles. The molecule has 2 heterocycles. The highest BCUT2D eigenvalue weighted by Gasteiger charge is 2.29. The van der Waals surface area contributed by atoms with Crippen LogP contribution in [0.2, 0.25) is 10.0 Å². The Morgan fingerprint density at radius 1 is 1.20 bits per heavy atom. The van der Waals surface area contributed by atoms with Crippen molar-refractivity contribution in [2.75, 3.05) is 13.1 Å². The lowest BCUT2D eigenvalue weighted by Crippen LogP contribution is -2.48. The fourth-order valence-electron chi connectivity index (χ4n) is 4.13. The van der Waals surface area contributed by atoms with Gasteiger partial charge in [-0.05, 0) is 55.6 Å². The quantitative estimate of drug-likeness (QED) is 0.444. The van der Waals surface area contributed by atoms with Gasteiger partial charge in [-0.15, -0.1) is 0 Å². The molecule has 0 saturated carbocycles. The zero-order valence-corrected chi connectivity index (χ0v) is 20.1. The molecule has 3 aromatic rings. The van der Waals surface area contributed by atoms with E-state index in [2.05, 4.69) is 15.7 Å². The fourth-order valence-corrected chi connectivity index (χ4v) is 4.56. The summed E-state index contributed by atoms with van der Waals surface area (Å²) in [6, 6.07) is 10.5. The molecule has 0 bridgehead atoms. The summed E-state index contributed by atoms with van der Waals surface area (Å²) in [4.78, 5) is 50.3. The molecule has 11 heteroatoms. The van der Waals surface area contributed by atoms with Crippen LogP contribution < -0.4 is 21.9 Å². The van der Waals surface area contributed by atoms with Gasteiger partial charge in [-0.25, -0.2) is 9.36 Å². The fraction of sp³-hybridized carbons (Fsp3) is 0.292. The third-order valence-electron chi connectivity index (χ3n) is 5.93. The molecule has 2 unspecified atom stereocenters. The number of benzene rings is 2. The standard InChI is InChI=1S/C24H23Cl2N5O4/c25-18-5-2-1-4-15(18)9-11-28-23(34)17-12-16(7-8-19(17)26)31-24(35)30(22(33)13-29-31)21(14-32)20-6-3-10-27-20/h1-2,4-5,7-8,12-14,20-21,27H,3,6,9-11H2,(H,28,34). The second kappa shape index (κ2) is 11.0. The summed E-state index contributed by atoms with van der Waals surface area (Å²) in [7, 11) is 0. The second-order valence-corrected chi connectivity index (χ2v) is 8.95. The zero-order chi connectivity index (χ0) is 24.9. The molecule has 2 atom stereocenters. The molecule has 182 valence electrons. The number of aromatic nitrogens is 3. The van der Waals surface area contributed by atoms with Crippen molar-refractivity contribution in [2.45, 2.75) is 31.3 Å². The number of hydrogen-bond donors (Lipinski definition) is 2. The van der Waals surface area contributed by atoms with E-state index in [1.165, 1.54) is 18.2 Å². The first-order valence-corrected chi connectivity index (χ1v) is 11.9. The van der Waals surface area contributed by atoms with E-state index < -0.39 is 23.2 Å². The number of aldehydes is 1. The summed E-state index contributed by atoms with van der Waals surface area (Å²) < 4.78 is 1.87. The lowest BCUT2D eigenvalue weighted by atomic mass is 10.1. The predicted molar refractivity (Wildman–Crippen MR) is 133 cm³/mol. The average molecular weight is 516 g/mol. The van der Waals surface area contributed by atoms with Crippen LogP contribution in [0.1, 0.15) is 34.8 Å². The van der Waals surface area contributed by atoms with Crippen LogP contribution in [0.4, 0.5) is 0 Å². The van der Waals surface area contributed by atoms with Gasteiger partial charge >= 0.3 is 5.69 Å². The Hall–Kier alpha value is -3.27. The minimum atomic E-state index is -0.966. The number of halogens is 2. The van der Waals surface area contributed by atoms with Crippen LogP contribution in [-0.4, -0.2) is 45.7 Å². The Kier molecular flexibility index (Phi) is 7.80. The monoisotopic (exact) mass is 515 g/mol. The lowest BCUT2D eigenvalue weighted by Gasteiger charge is -2.20. The highest BCUT2D eigenvalue weighted by atomic mass is 35.5. The second-order valence-electron chi connectivity index (χ2n) is 8.14. The van der Waals surface area contributed by atoms with E-state index in [4.69, 9.17) is 23.2 Å². The summed E-state index contributed by atoms with van der Waals surface area (Å²) in [6.07, 6.45) is 3.60. The zero-order valence-electron chi connectivity index (χ0n) is 18.6. The van der Waals surface area contributed by atoms with E-state index in [9.17, 15) is 19.2 Å². The van der Waals surface area contributed by atoms with Gasteiger partial charge in [-0.3, -0.25) is 9.59 Å². The van der Waals surface area contributed by atoms with Crippen LogP contribution in [0, 0.1) is 0 Å². The molecule has 9 nitrogen and oxygen atoms in total. The highest BCUT2D eigenvalue weighted by molar-refractivity contribution is 6.34. The minimum Gasteiger partial charge on any atom is -0.352 e. The van der Waals surface area contributed by atoms with Crippen molar-refractivity contribution in [3.63, 3.8) is 0 Å². The van der Waals surface area contributed by atoms with Crippen LogP contribution in [-0.2, 0) is 11.2 Å². The van der Waals surface area contributed by atoms with Gasteiger partial charge in [-0.1, -0.05) is 41.4 Å². The van der Waals surface area contributed by atoms with Crippen LogP contribution in [0.5, 0.6) is 0 Å². The Bertz CT molecular complexity index is 1360. The van der Waals surface area contributed by atoms with Gasteiger partial charge in [-0.2, -0.15) is 9.78 Å². The normalized spacial score (nSPS) is 16.1. The molecule has 2 N–H and O–H groups in total. The van der Waals surface area contributed by atoms with Crippen molar-refractivity contribution in [3.8, 4) is 5.69 Å². The first-order valence-electron chi connectivity index (χ1n) is 11.1. The van der Waals surface area contributed by atoms with Gasteiger partial charge in [0.25, 0.3) is 11.5 Å². The average Bonchev–Trinajstić information content (AvgIpc) is 3.38. The third-order valence-corrected chi connectivity index (χ3v) is 6.63. The lowest BCUT2D eigenvalue weighted by molar-refractivity contribution is -0.111. The van der Waals surface area contributed by atoms with Crippen molar-refractivity contribution >= 4 is 35.4 Å². The van der Waals surface area contributed by atoms with Crippen molar-refractivity contribution < 1.29 is 9.59 Å². The summed E-state index contributed by atoms with van der Waals surface area (Å²) in [5.74, 6) is -0.439. The largest absolute Gasteiger partial charge is 0.352 e. The molecular formula is C24H23Cl2N5O4.